The Bertz CT molecular complexity index is 405. The van der Waals surface area contributed by atoms with Gasteiger partial charge in [0, 0.05) is 5.57 Å². The molecule has 0 heterocycles. The standard InChI is InChI=1S/C13H16O4/c1-7(2)13(16)17-6-5-10-11(14)8(3)9(4)12(10)15/h10H,1,5-6H2,2-4H3. The molecule has 0 aromatic heterocycles. The average Bonchev–Trinajstić information content (AvgIpc) is 2.46. The minimum absolute atomic E-state index is 0.0639. The van der Waals surface area contributed by atoms with Crippen molar-refractivity contribution in [1.82, 2.24) is 0 Å². The van der Waals surface area contributed by atoms with E-state index in [1.54, 1.807) is 20.8 Å². The van der Waals surface area contributed by atoms with Crippen molar-refractivity contribution >= 4 is 17.5 Å². The van der Waals surface area contributed by atoms with Crippen LogP contribution in [0, 0.1) is 5.92 Å². The maximum Gasteiger partial charge on any atom is 0.333 e. The summed E-state index contributed by atoms with van der Waals surface area (Å²) in [5.41, 5.74) is 1.34. The van der Waals surface area contributed by atoms with Crippen molar-refractivity contribution in [3.05, 3.63) is 23.3 Å². The molecule has 1 aliphatic rings. The Morgan fingerprint density at radius 2 is 1.71 bits per heavy atom. The van der Waals surface area contributed by atoms with Crippen molar-refractivity contribution in [2.45, 2.75) is 27.2 Å². The van der Waals surface area contributed by atoms with Gasteiger partial charge in [-0.1, -0.05) is 6.58 Å². The topological polar surface area (TPSA) is 60.4 Å². The van der Waals surface area contributed by atoms with Gasteiger partial charge < -0.3 is 4.74 Å². The van der Waals surface area contributed by atoms with Crippen molar-refractivity contribution in [2.75, 3.05) is 6.61 Å². The number of hydrogen-bond donors (Lipinski definition) is 0. The highest BCUT2D eigenvalue weighted by atomic mass is 16.5. The average molecular weight is 236 g/mol. The van der Waals surface area contributed by atoms with E-state index in [4.69, 9.17) is 4.74 Å². The van der Waals surface area contributed by atoms with Crippen LogP contribution in [0.3, 0.4) is 0 Å². The van der Waals surface area contributed by atoms with E-state index < -0.39 is 11.9 Å². The summed E-state index contributed by atoms with van der Waals surface area (Å²) in [6.07, 6.45) is 0.241. The fraction of sp³-hybridized carbons (Fsp3) is 0.462. The molecule has 1 aliphatic carbocycles. The van der Waals surface area contributed by atoms with Crippen LogP contribution in [-0.2, 0) is 19.1 Å². The Morgan fingerprint density at radius 3 is 2.12 bits per heavy atom. The Labute approximate surface area is 100 Å². The smallest absolute Gasteiger partial charge is 0.333 e. The van der Waals surface area contributed by atoms with E-state index in [-0.39, 0.29) is 24.6 Å². The number of ketones is 2. The van der Waals surface area contributed by atoms with Crippen molar-refractivity contribution in [3.63, 3.8) is 0 Å². The molecule has 0 spiro atoms. The van der Waals surface area contributed by atoms with Gasteiger partial charge in [-0.25, -0.2) is 4.79 Å². The molecule has 4 nitrogen and oxygen atoms in total. The van der Waals surface area contributed by atoms with E-state index in [2.05, 4.69) is 6.58 Å². The molecule has 0 aromatic rings. The lowest BCUT2D eigenvalue weighted by Gasteiger charge is -2.08. The molecule has 4 heteroatoms. The molecule has 17 heavy (non-hydrogen) atoms. The van der Waals surface area contributed by atoms with Crippen LogP contribution in [0.4, 0.5) is 0 Å². The van der Waals surface area contributed by atoms with Gasteiger partial charge in [0.1, 0.15) is 0 Å². The maximum atomic E-state index is 11.7. The van der Waals surface area contributed by atoms with E-state index in [1.165, 1.54) is 0 Å². The number of rotatable bonds is 4. The summed E-state index contributed by atoms with van der Waals surface area (Å²) in [5, 5.41) is 0. The molecular weight excluding hydrogens is 220 g/mol. The fourth-order valence-electron chi connectivity index (χ4n) is 1.67. The first kappa shape index (κ1) is 13.4. The third-order valence-corrected chi connectivity index (χ3v) is 2.92. The Kier molecular flexibility index (Phi) is 3.99. The van der Waals surface area contributed by atoms with Gasteiger partial charge in [-0.05, 0) is 38.3 Å². The SMILES string of the molecule is C=C(C)C(=O)OCCC1C(=O)C(C)=C(C)C1=O. The lowest BCUT2D eigenvalue weighted by atomic mass is 9.99. The van der Waals surface area contributed by atoms with Gasteiger partial charge in [-0.3, -0.25) is 9.59 Å². The highest BCUT2D eigenvalue weighted by molar-refractivity contribution is 6.24. The van der Waals surface area contributed by atoms with Gasteiger partial charge in [0.25, 0.3) is 0 Å². The van der Waals surface area contributed by atoms with Crippen molar-refractivity contribution < 1.29 is 19.1 Å². The number of Topliss-reactive ketones (excluding diaryl/α,β-unsaturated/α-hetero) is 2. The molecule has 0 unspecified atom stereocenters. The molecule has 0 bridgehead atoms. The van der Waals surface area contributed by atoms with Crippen molar-refractivity contribution in [2.24, 2.45) is 5.92 Å². The molecular formula is C13H16O4. The summed E-state index contributed by atoms with van der Waals surface area (Å²) >= 11 is 0. The molecule has 1 rings (SSSR count). The number of hydrogen-bond acceptors (Lipinski definition) is 4. The lowest BCUT2D eigenvalue weighted by Crippen LogP contribution is -2.20. The van der Waals surface area contributed by atoms with Gasteiger partial charge in [0.05, 0.1) is 12.5 Å². The molecule has 0 radical (unpaired) electrons. The first-order chi connectivity index (χ1) is 7.86. The molecule has 0 atom stereocenters. The van der Waals surface area contributed by atoms with Gasteiger partial charge in [-0.15, -0.1) is 0 Å². The maximum absolute atomic E-state index is 11.7. The Morgan fingerprint density at radius 1 is 1.24 bits per heavy atom. The van der Waals surface area contributed by atoms with Crippen LogP contribution >= 0.6 is 0 Å². The quantitative estimate of drug-likeness (QED) is 0.422. The number of esters is 1. The van der Waals surface area contributed by atoms with Gasteiger partial charge >= 0.3 is 5.97 Å². The molecule has 0 fully saturated rings. The van der Waals surface area contributed by atoms with E-state index >= 15 is 0 Å². The number of carbonyl (C=O) groups excluding carboxylic acids is 3. The zero-order chi connectivity index (χ0) is 13.2. The normalized spacial score (nSPS) is 16.6. The summed E-state index contributed by atoms with van der Waals surface area (Å²) in [7, 11) is 0. The summed E-state index contributed by atoms with van der Waals surface area (Å²) in [6.45, 7) is 8.35. The Balaban J connectivity index is 2.51. The number of ether oxygens (including phenoxy) is 1. The van der Waals surface area contributed by atoms with Crippen LogP contribution in [0.15, 0.2) is 23.3 Å². The van der Waals surface area contributed by atoms with E-state index in [0.29, 0.717) is 16.7 Å². The highest BCUT2D eigenvalue weighted by Gasteiger charge is 2.36. The van der Waals surface area contributed by atoms with E-state index in [9.17, 15) is 14.4 Å². The second-order valence-electron chi connectivity index (χ2n) is 4.24. The molecule has 0 saturated heterocycles. The monoisotopic (exact) mass is 236 g/mol. The largest absolute Gasteiger partial charge is 0.462 e. The van der Waals surface area contributed by atoms with E-state index in [1.807, 2.05) is 0 Å². The fourth-order valence-corrected chi connectivity index (χ4v) is 1.67. The van der Waals surface area contributed by atoms with Crippen LogP contribution in [0.2, 0.25) is 0 Å². The second-order valence-corrected chi connectivity index (χ2v) is 4.24. The van der Waals surface area contributed by atoms with Crippen LogP contribution in [0.1, 0.15) is 27.2 Å². The third-order valence-electron chi connectivity index (χ3n) is 2.92. The number of allylic oxidation sites excluding steroid dienone is 2. The second kappa shape index (κ2) is 5.08. The molecule has 0 aliphatic heterocycles. The minimum atomic E-state index is -0.673. The van der Waals surface area contributed by atoms with E-state index in [0.717, 1.165) is 0 Å². The van der Waals surface area contributed by atoms with Crippen molar-refractivity contribution in [3.8, 4) is 0 Å². The molecule has 0 aromatic carbocycles. The molecule has 0 amide bonds. The summed E-state index contributed by atoms with van der Waals surface area (Å²) < 4.78 is 4.87. The van der Waals surface area contributed by atoms with Crippen LogP contribution < -0.4 is 0 Å². The Hall–Kier alpha value is -1.71. The minimum Gasteiger partial charge on any atom is -0.462 e. The van der Waals surface area contributed by atoms with Gasteiger partial charge in [0.2, 0.25) is 0 Å². The number of carbonyl (C=O) groups is 3. The first-order valence-electron chi connectivity index (χ1n) is 5.44. The first-order valence-corrected chi connectivity index (χ1v) is 5.44. The van der Waals surface area contributed by atoms with Gasteiger partial charge in [0.15, 0.2) is 11.6 Å². The highest BCUT2D eigenvalue weighted by Crippen LogP contribution is 2.26. The summed E-state index contributed by atoms with van der Waals surface area (Å²) in [5.74, 6) is -1.48. The summed E-state index contributed by atoms with van der Waals surface area (Å²) in [6, 6.07) is 0. The van der Waals surface area contributed by atoms with Crippen LogP contribution in [0.25, 0.3) is 0 Å². The third kappa shape index (κ3) is 2.70. The van der Waals surface area contributed by atoms with Crippen LogP contribution in [0.5, 0.6) is 0 Å². The van der Waals surface area contributed by atoms with Gasteiger partial charge in [-0.2, -0.15) is 0 Å². The molecule has 0 saturated carbocycles. The molecule has 92 valence electrons. The predicted molar refractivity (Wildman–Crippen MR) is 62.3 cm³/mol. The molecule has 0 N–H and O–H groups in total. The van der Waals surface area contributed by atoms with Crippen molar-refractivity contribution in [1.29, 1.82) is 0 Å². The lowest BCUT2D eigenvalue weighted by molar-refractivity contribution is -0.140. The zero-order valence-electron chi connectivity index (χ0n) is 10.3. The predicted octanol–water partition coefficient (Wildman–Crippen LogP) is 1.60. The van der Waals surface area contributed by atoms with Crippen LogP contribution in [-0.4, -0.2) is 24.1 Å². The zero-order valence-corrected chi connectivity index (χ0v) is 10.3. The summed E-state index contributed by atoms with van der Waals surface area (Å²) in [4.78, 5) is 34.5.